The Kier molecular flexibility index (Phi) is 7.64. The van der Waals surface area contributed by atoms with E-state index in [9.17, 15) is 4.79 Å². The van der Waals surface area contributed by atoms with E-state index < -0.39 is 5.97 Å². The summed E-state index contributed by atoms with van der Waals surface area (Å²) in [4.78, 5) is 10.6. The summed E-state index contributed by atoms with van der Waals surface area (Å²) in [6, 6.07) is 10.5. The van der Waals surface area contributed by atoms with Crippen molar-refractivity contribution in [3.05, 3.63) is 48.0 Å². The van der Waals surface area contributed by atoms with Gasteiger partial charge in [0.25, 0.3) is 0 Å². The molecule has 19 heavy (non-hydrogen) atoms. The van der Waals surface area contributed by atoms with Crippen molar-refractivity contribution in [3.8, 4) is 0 Å². The molecule has 0 radical (unpaired) electrons. The van der Waals surface area contributed by atoms with Gasteiger partial charge in [0.05, 0.1) is 5.92 Å². The van der Waals surface area contributed by atoms with Crippen molar-refractivity contribution in [2.45, 2.75) is 45.4 Å². The van der Waals surface area contributed by atoms with Crippen LogP contribution < -0.4 is 0 Å². The first-order chi connectivity index (χ1) is 9.20. The molecule has 0 aliphatic carbocycles. The van der Waals surface area contributed by atoms with Crippen molar-refractivity contribution in [1.82, 2.24) is 0 Å². The van der Waals surface area contributed by atoms with Crippen LogP contribution >= 0.6 is 0 Å². The molecule has 1 N–H and O–H groups in total. The van der Waals surface area contributed by atoms with Crippen molar-refractivity contribution in [2.24, 2.45) is 5.92 Å². The predicted molar refractivity (Wildman–Crippen MR) is 79.2 cm³/mol. The fourth-order valence-corrected chi connectivity index (χ4v) is 1.97. The molecule has 1 aromatic carbocycles. The number of hydrogen-bond acceptors (Lipinski definition) is 1. The molecule has 0 spiro atoms. The van der Waals surface area contributed by atoms with Crippen LogP contribution in [0.2, 0.25) is 0 Å². The highest BCUT2D eigenvalue weighted by Crippen LogP contribution is 2.09. The monoisotopic (exact) mass is 260 g/mol. The third-order valence-electron chi connectivity index (χ3n) is 3.28. The highest BCUT2D eigenvalue weighted by molar-refractivity contribution is 5.69. The Labute approximate surface area is 116 Å². The van der Waals surface area contributed by atoms with E-state index in [0.29, 0.717) is 0 Å². The first-order valence-corrected chi connectivity index (χ1v) is 7.12. The Hall–Kier alpha value is -1.57. The van der Waals surface area contributed by atoms with Crippen molar-refractivity contribution in [3.63, 3.8) is 0 Å². The van der Waals surface area contributed by atoms with Gasteiger partial charge in [0.15, 0.2) is 0 Å². The van der Waals surface area contributed by atoms with Crippen LogP contribution in [0.1, 0.15) is 44.6 Å². The molecule has 0 heterocycles. The van der Waals surface area contributed by atoms with Crippen LogP contribution in [-0.2, 0) is 11.2 Å². The first-order valence-electron chi connectivity index (χ1n) is 7.12. The molecule has 0 aliphatic rings. The number of hydrogen-bond donors (Lipinski definition) is 1. The lowest BCUT2D eigenvalue weighted by Gasteiger charge is -2.03. The summed E-state index contributed by atoms with van der Waals surface area (Å²) >= 11 is 0. The van der Waals surface area contributed by atoms with Gasteiger partial charge in [0, 0.05) is 0 Å². The van der Waals surface area contributed by atoms with Crippen LogP contribution in [0.3, 0.4) is 0 Å². The summed E-state index contributed by atoms with van der Waals surface area (Å²) in [5.41, 5.74) is 1.39. The Balaban J connectivity index is 2.01. The van der Waals surface area contributed by atoms with Crippen LogP contribution in [0, 0.1) is 5.92 Å². The quantitative estimate of drug-likeness (QED) is 0.526. The van der Waals surface area contributed by atoms with Gasteiger partial charge < -0.3 is 5.11 Å². The topological polar surface area (TPSA) is 37.3 Å². The Morgan fingerprint density at radius 3 is 2.42 bits per heavy atom. The Morgan fingerprint density at radius 1 is 1.16 bits per heavy atom. The number of unbranched alkanes of at least 4 members (excludes halogenated alkanes) is 2. The first kappa shape index (κ1) is 15.5. The molecule has 0 amide bonds. The second-order valence-corrected chi connectivity index (χ2v) is 5.02. The van der Waals surface area contributed by atoms with E-state index >= 15 is 0 Å². The van der Waals surface area contributed by atoms with Crippen molar-refractivity contribution in [2.75, 3.05) is 0 Å². The van der Waals surface area contributed by atoms with E-state index in [1.54, 1.807) is 6.92 Å². The molecule has 1 unspecified atom stereocenters. The molecular weight excluding hydrogens is 236 g/mol. The number of carboxylic acids is 1. The largest absolute Gasteiger partial charge is 0.481 e. The van der Waals surface area contributed by atoms with E-state index in [4.69, 9.17) is 5.11 Å². The Morgan fingerprint density at radius 2 is 1.79 bits per heavy atom. The molecule has 0 aromatic heterocycles. The lowest BCUT2D eigenvalue weighted by atomic mass is 10.0. The minimum Gasteiger partial charge on any atom is -0.481 e. The van der Waals surface area contributed by atoms with Crippen molar-refractivity contribution < 1.29 is 9.90 Å². The molecule has 1 rings (SSSR count). The summed E-state index contributed by atoms with van der Waals surface area (Å²) in [6.45, 7) is 1.77. The molecule has 0 aliphatic heterocycles. The van der Waals surface area contributed by atoms with E-state index in [2.05, 4.69) is 36.4 Å². The zero-order valence-electron chi connectivity index (χ0n) is 11.7. The van der Waals surface area contributed by atoms with Gasteiger partial charge in [-0.25, -0.2) is 0 Å². The van der Waals surface area contributed by atoms with Gasteiger partial charge in [-0.15, -0.1) is 0 Å². The van der Waals surface area contributed by atoms with Gasteiger partial charge in [-0.05, 0) is 44.1 Å². The van der Waals surface area contributed by atoms with Crippen LogP contribution in [0.15, 0.2) is 42.5 Å². The molecule has 1 aromatic rings. The summed E-state index contributed by atoms with van der Waals surface area (Å²) in [5, 5.41) is 8.74. The third-order valence-corrected chi connectivity index (χ3v) is 3.28. The number of rotatable bonds is 9. The number of carbonyl (C=O) groups is 1. The van der Waals surface area contributed by atoms with Gasteiger partial charge in [0.1, 0.15) is 0 Å². The van der Waals surface area contributed by atoms with Gasteiger partial charge >= 0.3 is 5.97 Å². The highest BCUT2D eigenvalue weighted by Gasteiger charge is 2.08. The van der Waals surface area contributed by atoms with E-state index in [1.165, 1.54) is 12.0 Å². The van der Waals surface area contributed by atoms with Crippen LogP contribution in [-0.4, -0.2) is 11.1 Å². The number of aliphatic carboxylic acids is 1. The van der Waals surface area contributed by atoms with Crippen LogP contribution in [0.25, 0.3) is 0 Å². The van der Waals surface area contributed by atoms with Gasteiger partial charge in [-0.1, -0.05) is 49.4 Å². The molecule has 0 saturated heterocycles. The third kappa shape index (κ3) is 7.45. The van der Waals surface area contributed by atoms with Crippen molar-refractivity contribution in [1.29, 1.82) is 0 Å². The van der Waals surface area contributed by atoms with Gasteiger partial charge in [-0.3, -0.25) is 4.79 Å². The van der Waals surface area contributed by atoms with E-state index in [-0.39, 0.29) is 5.92 Å². The average Bonchev–Trinajstić information content (AvgIpc) is 2.42. The lowest BCUT2D eigenvalue weighted by molar-refractivity contribution is -0.141. The summed E-state index contributed by atoms with van der Waals surface area (Å²) < 4.78 is 0. The fraction of sp³-hybridized carbons (Fsp3) is 0.471. The standard InChI is InChI=1S/C17H24O2/c1-15(17(18)19)11-7-4-2-3-5-8-12-16-13-9-6-10-14-16/h2-3,6,9-10,13-15H,4-5,7-8,11-12H2,1H3,(H,18,19). The normalized spacial score (nSPS) is 12.7. The van der Waals surface area contributed by atoms with Crippen LogP contribution in [0.4, 0.5) is 0 Å². The second kappa shape index (κ2) is 9.37. The highest BCUT2D eigenvalue weighted by atomic mass is 16.4. The molecule has 0 bridgehead atoms. The number of allylic oxidation sites excluding steroid dienone is 2. The molecule has 2 heteroatoms. The molecule has 104 valence electrons. The number of benzene rings is 1. The smallest absolute Gasteiger partial charge is 0.306 e. The van der Waals surface area contributed by atoms with Gasteiger partial charge in [-0.2, -0.15) is 0 Å². The molecule has 2 nitrogen and oxygen atoms in total. The summed E-state index contributed by atoms with van der Waals surface area (Å²) in [6.07, 6.45) is 10.5. The summed E-state index contributed by atoms with van der Waals surface area (Å²) in [7, 11) is 0. The lowest BCUT2D eigenvalue weighted by Crippen LogP contribution is -2.08. The minimum atomic E-state index is -0.688. The number of aryl methyl sites for hydroxylation is 1. The molecule has 0 fully saturated rings. The maximum Gasteiger partial charge on any atom is 0.306 e. The molecular formula is C17H24O2. The molecule has 0 saturated carbocycles. The minimum absolute atomic E-state index is 0.216. The van der Waals surface area contributed by atoms with E-state index in [1.807, 2.05) is 6.07 Å². The van der Waals surface area contributed by atoms with Crippen molar-refractivity contribution >= 4 is 5.97 Å². The van der Waals surface area contributed by atoms with E-state index in [0.717, 1.165) is 32.1 Å². The SMILES string of the molecule is CC(CCCC=CCCCc1ccccc1)C(=O)O. The maximum absolute atomic E-state index is 10.6. The zero-order chi connectivity index (χ0) is 13.9. The zero-order valence-corrected chi connectivity index (χ0v) is 11.7. The second-order valence-electron chi connectivity index (χ2n) is 5.02. The Bertz CT molecular complexity index is 382. The fourth-order valence-electron chi connectivity index (χ4n) is 1.97. The van der Waals surface area contributed by atoms with Crippen LogP contribution in [0.5, 0.6) is 0 Å². The summed E-state index contributed by atoms with van der Waals surface area (Å²) in [5.74, 6) is -0.904. The number of carboxylic acid groups (broad SMARTS) is 1. The molecule has 1 atom stereocenters. The maximum atomic E-state index is 10.6. The van der Waals surface area contributed by atoms with Gasteiger partial charge in [0.2, 0.25) is 0 Å². The predicted octanol–water partition coefficient (Wildman–Crippen LogP) is 4.46. The average molecular weight is 260 g/mol.